The van der Waals surface area contributed by atoms with Crippen LogP contribution in [0.15, 0.2) is 18.2 Å². The Balaban J connectivity index is 2.21. The molecule has 0 radical (unpaired) electrons. The van der Waals surface area contributed by atoms with Crippen LogP contribution in [0.25, 0.3) is 0 Å². The van der Waals surface area contributed by atoms with Crippen LogP contribution < -0.4 is 10.6 Å². The van der Waals surface area contributed by atoms with Gasteiger partial charge in [0.2, 0.25) is 0 Å². The predicted molar refractivity (Wildman–Crippen MR) is 74.4 cm³/mol. The molecule has 2 N–H and O–H groups in total. The van der Waals surface area contributed by atoms with Gasteiger partial charge in [-0.2, -0.15) is 0 Å². The first-order chi connectivity index (χ1) is 8.53. The van der Waals surface area contributed by atoms with Crippen molar-refractivity contribution < 1.29 is 4.39 Å². The molecule has 2 nitrogen and oxygen atoms in total. The SMILES string of the molecule is CC1(C)CCN(c2cccc(F)c2CCN)CC1. The highest BCUT2D eigenvalue weighted by atomic mass is 19.1. The number of nitrogens with two attached hydrogens (primary N) is 1. The fourth-order valence-electron chi connectivity index (χ4n) is 2.59. The maximum atomic E-state index is 13.9. The lowest BCUT2D eigenvalue weighted by Gasteiger charge is -2.39. The summed E-state index contributed by atoms with van der Waals surface area (Å²) in [5.74, 6) is -0.122. The molecule has 18 heavy (non-hydrogen) atoms. The Hall–Kier alpha value is -1.09. The van der Waals surface area contributed by atoms with Crippen molar-refractivity contribution >= 4 is 5.69 Å². The minimum atomic E-state index is -0.122. The Morgan fingerprint density at radius 2 is 1.94 bits per heavy atom. The number of benzene rings is 1. The third kappa shape index (κ3) is 2.83. The van der Waals surface area contributed by atoms with Gasteiger partial charge in [0.1, 0.15) is 5.82 Å². The summed E-state index contributed by atoms with van der Waals surface area (Å²) >= 11 is 0. The molecule has 1 aromatic carbocycles. The molecule has 3 heteroatoms. The van der Waals surface area contributed by atoms with Crippen LogP contribution in [-0.2, 0) is 6.42 Å². The van der Waals surface area contributed by atoms with Crippen molar-refractivity contribution in [2.45, 2.75) is 33.1 Å². The molecule has 0 saturated carbocycles. The molecule has 100 valence electrons. The molecule has 1 aliphatic rings. The maximum Gasteiger partial charge on any atom is 0.128 e. The first-order valence-electron chi connectivity index (χ1n) is 6.76. The van der Waals surface area contributed by atoms with Crippen molar-refractivity contribution in [2.75, 3.05) is 24.5 Å². The summed E-state index contributed by atoms with van der Waals surface area (Å²) in [6, 6.07) is 5.35. The van der Waals surface area contributed by atoms with Crippen LogP contribution in [0.4, 0.5) is 10.1 Å². The lowest BCUT2D eigenvalue weighted by Crippen LogP contribution is -2.38. The average molecular weight is 250 g/mol. The molecule has 0 unspecified atom stereocenters. The Morgan fingerprint density at radius 3 is 2.56 bits per heavy atom. The number of nitrogens with zero attached hydrogens (tertiary/aromatic N) is 1. The summed E-state index contributed by atoms with van der Waals surface area (Å²) in [5, 5.41) is 0. The van der Waals surface area contributed by atoms with Crippen molar-refractivity contribution in [3.8, 4) is 0 Å². The molecule has 0 spiro atoms. The molecule has 0 bridgehead atoms. The van der Waals surface area contributed by atoms with Crippen molar-refractivity contribution in [3.63, 3.8) is 0 Å². The molecule has 0 amide bonds. The van der Waals surface area contributed by atoms with Gasteiger partial charge in [0.25, 0.3) is 0 Å². The van der Waals surface area contributed by atoms with Gasteiger partial charge in [0.05, 0.1) is 0 Å². The lowest BCUT2D eigenvalue weighted by atomic mass is 9.82. The van der Waals surface area contributed by atoms with Gasteiger partial charge in [-0.05, 0) is 43.4 Å². The van der Waals surface area contributed by atoms with Crippen LogP contribution >= 0.6 is 0 Å². The minimum Gasteiger partial charge on any atom is -0.371 e. The smallest absolute Gasteiger partial charge is 0.128 e. The number of rotatable bonds is 3. The Bertz CT molecular complexity index is 405. The number of anilines is 1. The number of hydrogen-bond donors (Lipinski definition) is 1. The first kappa shape index (κ1) is 13.3. The van der Waals surface area contributed by atoms with Crippen molar-refractivity contribution in [3.05, 3.63) is 29.6 Å². The van der Waals surface area contributed by atoms with E-state index in [2.05, 4.69) is 18.7 Å². The van der Waals surface area contributed by atoms with Crippen LogP contribution in [0, 0.1) is 11.2 Å². The van der Waals surface area contributed by atoms with E-state index in [9.17, 15) is 4.39 Å². The highest BCUT2D eigenvalue weighted by Crippen LogP contribution is 2.34. The van der Waals surface area contributed by atoms with Gasteiger partial charge >= 0.3 is 0 Å². The second-order valence-corrected chi connectivity index (χ2v) is 5.93. The third-order valence-corrected chi connectivity index (χ3v) is 3.95. The first-order valence-corrected chi connectivity index (χ1v) is 6.76. The van der Waals surface area contributed by atoms with E-state index in [1.54, 1.807) is 6.07 Å². The van der Waals surface area contributed by atoms with E-state index in [1.807, 2.05) is 6.07 Å². The molecular formula is C15H23FN2. The second-order valence-electron chi connectivity index (χ2n) is 5.93. The normalized spacial score (nSPS) is 19.0. The molecule has 1 saturated heterocycles. The highest BCUT2D eigenvalue weighted by molar-refractivity contribution is 5.54. The monoisotopic (exact) mass is 250 g/mol. The van der Waals surface area contributed by atoms with Crippen molar-refractivity contribution in [1.82, 2.24) is 0 Å². The van der Waals surface area contributed by atoms with E-state index in [4.69, 9.17) is 5.73 Å². The zero-order valence-corrected chi connectivity index (χ0v) is 11.4. The van der Waals surface area contributed by atoms with Crippen LogP contribution in [0.5, 0.6) is 0 Å². The van der Waals surface area contributed by atoms with Gasteiger partial charge in [-0.3, -0.25) is 0 Å². The molecule has 1 heterocycles. The standard InChI is InChI=1S/C15H23FN2/c1-15(2)7-10-18(11-8-15)14-5-3-4-13(16)12(14)6-9-17/h3-5H,6-11,17H2,1-2H3. The van der Waals surface area contributed by atoms with Crippen LogP contribution in [-0.4, -0.2) is 19.6 Å². The molecule has 0 aromatic heterocycles. The summed E-state index contributed by atoms with van der Waals surface area (Å²) < 4.78 is 13.9. The van der Waals surface area contributed by atoms with Gasteiger partial charge in [0.15, 0.2) is 0 Å². The average Bonchev–Trinajstić information content (AvgIpc) is 2.32. The quantitative estimate of drug-likeness (QED) is 0.893. The highest BCUT2D eigenvalue weighted by Gasteiger charge is 2.26. The maximum absolute atomic E-state index is 13.9. The van der Waals surface area contributed by atoms with E-state index < -0.39 is 0 Å². The fourth-order valence-corrected chi connectivity index (χ4v) is 2.59. The molecule has 2 rings (SSSR count). The molecule has 1 aliphatic heterocycles. The topological polar surface area (TPSA) is 29.3 Å². The molecule has 0 atom stereocenters. The summed E-state index contributed by atoms with van der Waals surface area (Å²) in [6.07, 6.45) is 2.93. The van der Waals surface area contributed by atoms with Crippen LogP contribution in [0.2, 0.25) is 0 Å². The van der Waals surface area contributed by atoms with Gasteiger partial charge in [-0.15, -0.1) is 0 Å². The summed E-state index contributed by atoms with van der Waals surface area (Å²) in [6.45, 7) is 7.11. The number of piperidine rings is 1. The Kier molecular flexibility index (Phi) is 3.91. The zero-order valence-electron chi connectivity index (χ0n) is 11.4. The summed E-state index contributed by atoms with van der Waals surface area (Å²) in [7, 11) is 0. The number of halogens is 1. The second kappa shape index (κ2) is 5.27. The van der Waals surface area contributed by atoms with Crippen molar-refractivity contribution in [1.29, 1.82) is 0 Å². The lowest BCUT2D eigenvalue weighted by molar-refractivity contribution is 0.279. The van der Waals surface area contributed by atoms with Crippen LogP contribution in [0.3, 0.4) is 0 Å². The van der Waals surface area contributed by atoms with E-state index >= 15 is 0 Å². The Morgan fingerprint density at radius 1 is 1.28 bits per heavy atom. The zero-order chi connectivity index (χ0) is 13.2. The van der Waals surface area contributed by atoms with Gasteiger partial charge in [-0.25, -0.2) is 4.39 Å². The Labute approximate surface area is 109 Å². The van der Waals surface area contributed by atoms with E-state index in [0.717, 1.165) is 37.2 Å². The molecule has 1 aromatic rings. The van der Waals surface area contributed by atoms with E-state index in [-0.39, 0.29) is 5.82 Å². The van der Waals surface area contributed by atoms with Crippen molar-refractivity contribution in [2.24, 2.45) is 11.1 Å². The van der Waals surface area contributed by atoms with Gasteiger partial charge in [0, 0.05) is 24.3 Å². The third-order valence-electron chi connectivity index (χ3n) is 3.95. The van der Waals surface area contributed by atoms with Gasteiger partial charge in [-0.1, -0.05) is 19.9 Å². The van der Waals surface area contributed by atoms with Gasteiger partial charge < -0.3 is 10.6 Å². The van der Waals surface area contributed by atoms with E-state index in [0.29, 0.717) is 18.4 Å². The molecule has 0 aliphatic carbocycles. The fraction of sp³-hybridized carbons (Fsp3) is 0.600. The van der Waals surface area contributed by atoms with E-state index in [1.165, 1.54) is 6.07 Å². The van der Waals surface area contributed by atoms with Crippen LogP contribution in [0.1, 0.15) is 32.3 Å². The summed E-state index contributed by atoms with van der Waals surface area (Å²) in [4.78, 5) is 2.30. The molecule has 1 fully saturated rings. The number of hydrogen-bond acceptors (Lipinski definition) is 2. The predicted octanol–water partition coefficient (Wildman–Crippen LogP) is 2.95. The molecular weight excluding hydrogens is 227 g/mol. The minimum absolute atomic E-state index is 0.122. The largest absolute Gasteiger partial charge is 0.371 e. The summed E-state index contributed by atoms with van der Waals surface area (Å²) in [5.41, 5.74) is 7.82.